The summed E-state index contributed by atoms with van der Waals surface area (Å²) in [6.45, 7) is 6.19. The van der Waals surface area contributed by atoms with E-state index in [2.05, 4.69) is 45.0 Å². The zero-order valence-corrected chi connectivity index (χ0v) is 10.4. The van der Waals surface area contributed by atoms with Gasteiger partial charge in [0.1, 0.15) is 0 Å². The second-order valence-electron chi connectivity index (χ2n) is 4.06. The predicted octanol–water partition coefficient (Wildman–Crippen LogP) is 4.09. The van der Waals surface area contributed by atoms with Crippen LogP contribution in [-0.4, -0.2) is 12.0 Å². The lowest BCUT2D eigenvalue weighted by Gasteiger charge is -2.20. The lowest BCUT2D eigenvalue weighted by molar-refractivity contribution is 0.00498. The monoisotopic (exact) mass is 226 g/mol. The highest BCUT2D eigenvalue weighted by Crippen LogP contribution is 2.23. The summed E-state index contributed by atoms with van der Waals surface area (Å²) >= 11 is 5.78. The molecule has 1 unspecified atom stereocenters. The summed E-state index contributed by atoms with van der Waals surface area (Å²) in [5.41, 5.74) is 2.49. The van der Waals surface area contributed by atoms with E-state index in [0.717, 1.165) is 6.42 Å². The van der Waals surface area contributed by atoms with Crippen LogP contribution in [0.4, 0.5) is 0 Å². The summed E-state index contributed by atoms with van der Waals surface area (Å²) in [6.07, 6.45) is 1.23. The maximum absolute atomic E-state index is 5.83. The van der Waals surface area contributed by atoms with Crippen LogP contribution in [-0.2, 0) is 4.74 Å². The molecular weight excluding hydrogens is 208 g/mol. The van der Waals surface area contributed by atoms with Gasteiger partial charge in [0, 0.05) is 5.88 Å². The lowest BCUT2D eigenvalue weighted by atomic mass is 10.1. The Hall–Kier alpha value is -0.530. The molecule has 1 nitrogen and oxygen atoms in total. The van der Waals surface area contributed by atoms with E-state index in [0.29, 0.717) is 5.88 Å². The molecule has 0 N–H and O–H groups in total. The predicted molar refractivity (Wildman–Crippen MR) is 65.5 cm³/mol. The van der Waals surface area contributed by atoms with Crippen LogP contribution in [0.25, 0.3) is 0 Å². The quantitative estimate of drug-likeness (QED) is 0.688. The number of aryl methyl sites for hydroxylation is 1. The summed E-state index contributed by atoms with van der Waals surface area (Å²) < 4.78 is 5.83. The van der Waals surface area contributed by atoms with Gasteiger partial charge in [0.15, 0.2) is 0 Å². The van der Waals surface area contributed by atoms with Crippen LogP contribution in [0.15, 0.2) is 24.3 Å². The lowest BCUT2D eigenvalue weighted by Crippen LogP contribution is -2.11. The van der Waals surface area contributed by atoms with Crippen LogP contribution in [0.3, 0.4) is 0 Å². The fourth-order valence-electron chi connectivity index (χ4n) is 1.52. The number of halogens is 1. The number of hydrogen-bond acceptors (Lipinski definition) is 1. The van der Waals surface area contributed by atoms with Gasteiger partial charge in [-0.1, -0.05) is 29.8 Å². The molecule has 0 amide bonds. The molecule has 0 saturated carbocycles. The fourth-order valence-corrected chi connectivity index (χ4v) is 1.72. The summed E-state index contributed by atoms with van der Waals surface area (Å²) in [7, 11) is 0. The number of ether oxygens (including phenoxy) is 1. The minimum Gasteiger partial charge on any atom is -0.371 e. The van der Waals surface area contributed by atoms with Gasteiger partial charge in [0.05, 0.1) is 12.2 Å². The van der Waals surface area contributed by atoms with Crippen molar-refractivity contribution in [3.8, 4) is 0 Å². The van der Waals surface area contributed by atoms with Gasteiger partial charge >= 0.3 is 0 Å². The standard InChI is InChI=1S/C13H19ClO/c1-10(2)15-13(8-9-14)12-6-4-11(3)5-7-12/h4-7,10,13H,8-9H2,1-3H3. The van der Waals surface area contributed by atoms with Crippen molar-refractivity contribution in [1.82, 2.24) is 0 Å². The van der Waals surface area contributed by atoms with E-state index in [1.807, 2.05) is 0 Å². The largest absolute Gasteiger partial charge is 0.371 e. The Bertz CT molecular complexity index is 279. The smallest absolute Gasteiger partial charge is 0.0839 e. The van der Waals surface area contributed by atoms with Gasteiger partial charge in [0.2, 0.25) is 0 Å². The van der Waals surface area contributed by atoms with Gasteiger partial charge in [-0.3, -0.25) is 0 Å². The molecule has 0 aliphatic rings. The Balaban J connectivity index is 2.74. The molecule has 0 radical (unpaired) electrons. The minimum atomic E-state index is 0.128. The topological polar surface area (TPSA) is 9.23 Å². The molecular formula is C13H19ClO. The summed E-state index contributed by atoms with van der Waals surface area (Å²) in [6, 6.07) is 8.46. The summed E-state index contributed by atoms with van der Waals surface area (Å²) in [4.78, 5) is 0. The summed E-state index contributed by atoms with van der Waals surface area (Å²) in [5.74, 6) is 0.630. The number of alkyl halides is 1. The maximum atomic E-state index is 5.83. The van der Waals surface area contributed by atoms with E-state index in [1.165, 1.54) is 11.1 Å². The molecule has 0 saturated heterocycles. The third-order valence-electron chi connectivity index (χ3n) is 2.26. The van der Waals surface area contributed by atoms with Gasteiger partial charge < -0.3 is 4.74 Å². The van der Waals surface area contributed by atoms with Gasteiger partial charge in [-0.15, -0.1) is 11.6 Å². The van der Waals surface area contributed by atoms with E-state index in [4.69, 9.17) is 16.3 Å². The molecule has 1 atom stereocenters. The molecule has 0 aliphatic carbocycles. The van der Waals surface area contributed by atoms with Crippen LogP contribution < -0.4 is 0 Å². The second-order valence-corrected chi connectivity index (χ2v) is 4.44. The molecule has 1 rings (SSSR count). The van der Waals surface area contributed by atoms with Crippen molar-refractivity contribution in [2.24, 2.45) is 0 Å². The Morgan fingerprint density at radius 1 is 1.20 bits per heavy atom. The van der Waals surface area contributed by atoms with E-state index in [1.54, 1.807) is 0 Å². The molecule has 0 aliphatic heterocycles. The Kier molecular flexibility index (Phi) is 5.13. The first-order chi connectivity index (χ1) is 7.13. The average molecular weight is 227 g/mol. The van der Waals surface area contributed by atoms with Crippen LogP contribution in [0, 0.1) is 6.92 Å². The molecule has 1 aromatic rings. The van der Waals surface area contributed by atoms with Crippen molar-refractivity contribution < 1.29 is 4.74 Å². The number of benzene rings is 1. The molecule has 1 aromatic carbocycles. The van der Waals surface area contributed by atoms with Crippen molar-refractivity contribution in [3.63, 3.8) is 0 Å². The second kappa shape index (κ2) is 6.14. The first-order valence-electron chi connectivity index (χ1n) is 5.41. The van der Waals surface area contributed by atoms with Gasteiger partial charge in [-0.2, -0.15) is 0 Å². The van der Waals surface area contributed by atoms with Gasteiger partial charge in [-0.25, -0.2) is 0 Å². The highest BCUT2D eigenvalue weighted by atomic mass is 35.5. The average Bonchev–Trinajstić information content (AvgIpc) is 2.17. The molecule has 0 bridgehead atoms. The molecule has 84 valence electrons. The Morgan fingerprint density at radius 2 is 1.80 bits per heavy atom. The zero-order chi connectivity index (χ0) is 11.3. The number of rotatable bonds is 5. The normalized spacial score (nSPS) is 13.1. The molecule has 2 heteroatoms. The van der Waals surface area contributed by atoms with Crippen LogP contribution >= 0.6 is 11.6 Å². The Morgan fingerprint density at radius 3 is 2.27 bits per heavy atom. The van der Waals surface area contributed by atoms with Gasteiger partial charge in [-0.05, 0) is 32.8 Å². The van der Waals surface area contributed by atoms with Crippen molar-refractivity contribution in [2.45, 2.75) is 39.4 Å². The highest BCUT2D eigenvalue weighted by Gasteiger charge is 2.12. The van der Waals surface area contributed by atoms with E-state index < -0.39 is 0 Å². The van der Waals surface area contributed by atoms with Crippen molar-refractivity contribution in [3.05, 3.63) is 35.4 Å². The minimum absolute atomic E-state index is 0.128. The van der Waals surface area contributed by atoms with Crippen LogP contribution in [0.1, 0.15) is 37.5 Å². The SMILES string of the molecule is Cc1ccc(C(CCCl)OC(C)C)cc1. The molecule has 0 fully saturated rings. The van der Waals surface area contributed by atoms with Crippen LogP contribution in [0.5, 0.6) is 0 Å². The van der Waals surface area contributed by atoms with Crippen molar-refractivity contribution in [2.75, 3.05) is 5.88 Å². The van der Waals surface area contributed by atoms with E-state index >= 15 is 0 Å². The molecule has 0 spiro atoms. The maximum Gasteiger partial charge on any atom is 0.0839 e. The van der Waals surface area contributed by atoms with Crippen LogP contribution in [0.2, 0.25) is 0 Å². The highest BCUT2D eigenvalue weighted by molar-refractivity contribution is 6.17. The molecule has 15 heavy (non-hydrogen) atoms. The zero-order valence-electron chi connectivity index (χ0n) is 9.66. The van der Waals surface area contributed by atoms with E-state index in [9.17, 15) is 0 Å². The van der Waals surface area contributed by atoms with Crippen molar-refractivity contribution in [1.29, 1.82) is 0 Å². The third-order valence-corrected chi connectivity index (χ3v) is 2.48. The third kappa shape index (κ3) is 4.23. The Labute approximate surface area is 97.4 Å². The first-order valence-corrected chi connectivity index (χ1v) is 5.95. The molecule has 0 heterocycles. The van der Waals surface area contributed by atoms with Gasteiger partial charge in [0.25, 0.3) is 0 Å². The summed E-state index contributed by atoms with van der Waals surface area (Å²) in [5, 5.41) is 0. The molecule has 0 aromatic heterocycles. The first kappa shape index (κ1) is 12.5. The van der Waals surface area contributed by atoms with Crippen molar-refractivity contribution >= 4 is 11.6 Å². The number of hydrogen-bond donors (Lipinski definition) is 0. The fraction of sp³-hybridized carbons (Fsp3) is 0.538. The van der Waals surface area contributed by atoms with E-state index in [-0.39, 0.29) is 12.2 Å².